The predicted molar refractivity (Wildman–Crippen MR) is 83.8 cm³/mol. The van der Waals surface area contributed by atoms with Gasteiger partial charge in [0.2, 0.25) is 0 Å². The Bertz CT molecular complexity index is 381. The molecule has 1 aromatic rings. The minimum Gasteiger partial charge on any atom is -0.310 e. The van der Waals surface area contributed by atoms with Crippen molar-refractivity contribution < 1.29 is 4.39 Å². The van der Waals surface area contributed by atoms with Crippen molar-refractivity contribution in [3.63, 3.8) is 0 Å². The molecule has 108 valence electrons. The molecule has 1 N–H and O–H groups in total. The van der Waals surface area contributed by atoms with Crippen molar-refractivity contribution in [2.75, 3.05) is 6.54 Å². The lowest BCUT2D eigenvalue weighted by Gasteiger charge is -2.23. The zero-order chi connectivity index (χ0) is 14.3. The highest BCUT2D eigenvalue weighted by molar-refractivity contribution is 9.10. The van der Waals surface area contributed by atoms with E-state index in [1.54, 1.807) is 12.1 Å². The number of rotatable bonds is 8. The Kier molecular flexibility index (Phi) is 7.62. The van der Waals surface area contributed by atoms with Gasteiger partial charge in [0.15, 0.2) is 0 Å². The van der Waals surface area contributed by atoms with Crippen LogP contribution in [0, 0.1) is 11.7 Å². The van der Waals surface area contributed by atoms with Gasteiger partial charge in [0, 0.05) is 16.1 Å². The van der Waals surface area contributed by atoms with Gasteiger partial charge in [-0.25, -0.2) is 4.39 Å². The van der Waals surface area contributed by atoms with E-state index in [1.807, 2.05) is 6.07 Å². The first-order chi connectivity index (χ1) is 9.08. The van der Waals surface area contributed by atoms with Crippen LogP contribution >= 0.6 is 15.9 Å². The molecule has 0 radical (unpaired) electrons. The van der Waals surface area contributed by atoms with Crippen molar-refractivity contribution in [2.24, 2.45) is 5.92 Å². The molecule has 0 spiro atoms. The fourth-order valence-electron chi connectivity index (χ4n) is 2.43. The zero-order valence-corrected chi connectivity index (χ0v) is 13.8. The van der Waals surface area contributed by atoms with Crippen molar-refractivity contribution >= 4 is 15.9 Å². The Hall–Kier alpha value is -0.410. The molecule has 0 saturated heterocycles. The van der Waals surface area contributed by atoms with Crippen LogP contribution in [0.25, 0.3) is 0 Å². The highest BCUT2D eigenvalue weighted by Gasteiger charge is 2.18. The third kappa shape index (κ3) is 5.62. The molecular formula is C16H25BrFN. The summed E-state index contributed by atoms with van der Waals surface area (Å²) in [4.78, 5) is 0. The van der Waals surface area contributed by atoms with Gasteiger partial charge >= 0.3 is 0 Å². The van der Waals surface area contributed by atoms with Crippen LogP contribution in [0.15, 0.2) is 22.7 Å². The van der Waals surface area contributed by atoms with Crippen LogP contribution in [0.3, 0.4) is 0 Å². The number of benzene rings is 1. The topological polar surface area (TPSA) is 12.0 Å². The van der Waals surface area contributed by atoms with Crippen LogP contribution < -0.4 is 5.32 Å². The summed E-state index contributed by atoms with van der Waals surface area (Å²) < 4.78 is 15.0. The number of nitrogens with one attached hydrogen (secondary N) is 1. The van der Waals surface area contributed by atoms with E-state index in [9.17, 15) is 4.39 Å². The van der Waals surface area contributed by atoms with Gasteiger partial charge in [0.25, 0.3) is 0 Å². The summed E-state index contributed by atoms with van der Waals surface area (Å²) in [5, 5.41) is 3.48. The molecule has 0 heterocycles. The molecule has 0 aliphatic heterocycles. The fraction of sp³-hybridized carbons (Fsp3) is 0.625. The maximum atomic E-state index is 14.0. The summed E-state index contributed by atoms with van der Waals surface area (Å²) in [6.07, 6.45) is 4.43. The van der Waals surface area contributed by atoms with E-state index in [0.29, 0.717) is 5.92 Å². The molecule has 0 fully saturated rings. The second-order valence-electron chi connectivity index (χ2n) is 5.30. The average Bonchev–Trinajstić information content (AvgIpc) is 2.38. The van der Waals surface area contributed by atoms with E-state index in [1.165, 1.54) is 12.8 Å². The Morgan fingerprint density at radius 2 is 2.00 bits per heavy atom. The molecule has 2 atom stereocenters. The third-order valence-corrected chi connectivity index (χ3v) is 3.89. The normalized spacial score (nSPS) is 14.4. The second kappa shape index (κ2) is 8.70. The lowest BCUT2D eigenvalue weighted by Crippen LogP contribution is -2.25. The van der Waals surface area contributed by atoms with Crippen LogP contribution in [-0.2, 0) is 0 Å². The molecule has 0 aliphatic rings. The van der Waals surface area contributed by atoms with E-state index in [2.05, 4.69) is 42.0 Å². The molecule has 2 unspecified atom stereocenters. The largest absolute Gasteiger partial charge is 0.310 e. The van der Waals surface area contributed by atoms with Gasteiger partial charge in [-0.1, -0.05) is 49.5 Å². The first kappa shape index (κ1) is 16.6. The summed E-state index contributed by atoms with van der Waals surface area (Å²) >= 11 is 3.44. The zero-order valence-electron chi connectivity index (χ0n) is 12.2. The summed E-state index contributed by atoms with van der Waals surface area (Å²) in [5.74, 6) is 0.498. The molecule has 0 amide bonds. The van der Waals surface area contributed by atoms with Crippen molar-refractivity contribution in [3.8, 4) is 0 Å². The smallest absolute Gasteiger partial charge is 0.128 e. The SMILES string of the molecule is CCCNC(CC(C)CCC)c1cc(Br)ccc1F. The first-order valence-corrected chi connectivity index (χ1v) is 8.06. The van der Waals surface area contributed by atoms with E-state index >= 15 is 0 Å². The second-order valence-corrected chi connectivity index (χ2v) is 6.22. The van der Waals surface area contributed by atoms with Gasteiger partial charge in [-0.05, 0) is 43.5 Å². The fourth-order valence-corrected chi connectivity index (χ4v) is 2.81. The summed E-state index contributed by atoms with van der Waals surface area (Å²) in [6.45, 7) is 7.51. The minimum absolute atomic E-state index is 0.110. The maximum absolute atomic E-state index is 14.0. The Morgan fingerprint density at radius 3 is 2.63 bits per heavy atom. The quantitative estimate of drug-likeness (QED) is 0.668. The van der Waals surface area contributed by atoms with E-state index in [-0.39, 0.29) is 11.9 Å². The molecule has 0 saturated carbocycles. The molecule has 0 aromatic heterocycles. The van der Waals surface area contributed by atoms with E-state index in [0.717, 1.165) is 29.4 Å². The number of hydrogen-bond donors (Lipinski definition) is 1. The third-order valence-electron chi connectivity index (χ3n) is 3.39. The van der Waals surface area contributed by atoms with Crippen LogP contribution in [0.4, 0.5) is 4.39 Å². The van der Waals surface area contributed by atoms with Gasteiger partial charge in [-0.3, -0.25) is 0 Å². The van der Waals surface area contributed by atoms with Gasteiger partial charge in [-0.15, -0.1) is 0 Å². The van der Waals surface area contributed by atoms with Crippen LogP contribution in [0.1, 0.15) is 58.1 Å². The van der Waals surface area contributed by atoms with Crippen molar-refractivity contribution in [1.82, 2.24) is 5.32 Å². The maximum Gasteiger partial charge on any atom is 0.128 e. The lowest BCUT2D eigenvalue weighted by atomic mass is 9.92. The van der Waals surface area contributed by atoms with E-state index in [4.69, 9.17) is 0 Å². The number of halogens is 2. The number of hydrogen-bond acceptors (Lipinski definition) is 1. The van der Waals surface area contributed by atoms with Crippen LogP contribution in [-0.4, -0.2) is 6.54 Å². The molecular weight excluding hydrogens is 305 g/mol. The molecule has 0 aliphatic carbocycles. The summed E-state index contributed by atoms with van der Waals surface area (Å²) in [6, 6.07) is 5.32. The van der Waals surface area contributed by atoms with Crippen molar-refractivity contribution in [3.05, 3.63) is 34.1 Å². The molecule has 0 bridgehead atoms. The Labute approximate surface area is 125 Å². The Morgan fingerprint density at radius 1 is 1.26 bits per heavy atom. The average molecular weight is 330 g/mol. The summed E-state index contributed by atoms with van der Waals surface area (Å²) in [7, 11) is 0. The molecule has 3 heteroatoms. The highest BCUT2D eigenvalue weighted by Crippen LogP contribution is 2.28. The van der Waals surface area contributed by atoms with Gasteiger partial charge in [0.1, 0.15) is 5.82 Å². The molecule has 1 aromatic carbocycles. The van der Waals surface area contributed by atoms with Gasteiger partial charge in [0.05, 0.1) is 0 Å². The van der Waals surface area contributed by atoms with Gasteiger partial charge < -0.3 is 5.32 Å². The lowest BCUT2D eigenvalue weighted by molar-refractivity contribution is 0.381. The molecule has 1 nitrogen and oxygen atoms in total. The van der Waals surface area contributed by atoms with Crippen molar-refractivity contribution in [2.45, 2.75) is 52.5 Å². The van der Waals surface area contributed by atoms with Crippen molar-refractivity contribution in [1.29, 1.82) is 0 Å². The highest BCUT2D eigenvalue weighted by atomic mass is 79.9. The van der Waals surface area contributed by atoms with E-state index < -0.39 is 0 Å². The van der Waals surface area contributed by atoms with Gasteiger partial charge in [-0.2, -0.15) is 0 Å². The summed E-state index contributed by atoms with van der Waals surface area (Å²) in [5.41, 5.74) is 0.783. The standard InChI is InChI=1S/C16H25BrFN/c1-4-6-12(3)10-16(19-9-5-2)14-11-13(17)7-8-15(14)18/h7-8,11-12,16,19H,4-6,9-10H2,1-3H3. The van der Waals surface area contributed by atoms with Crippen LogP contribution in [0.2, 0.25) is 0 Å². The monoisotopic (exact) mass is 329 g/mol. The first-order valence-electron chi connectivity index (χ1n) is 7.26. The molecule has 19 heavy (non-hydrogen) atoms. The Balaban J connectivity index is 2.85. The van der Waals surface area contributed by atoms with Crippen LogP contribution in [0.5, 0.6) is 0 Å². The predicted octanol–water partition coefficient (Wildman–Crippen LogP) is 5.46. The minimum atomic E-state index is -0.111. The molecule has 1 rings (SSSR count).